The molecule has 2 aromatic rings. The average Bonchev–Trinajstić information content (AvgIpc) is 2.72. The van der Waals surface area contributed by atoms with E-state index in [0.717, 1.165) is 0 Å². The molecule has 0 fully saturated rings. The van der Waals surface area contributed by atoms with Gasteiger partial charge in [0.25, 0.3) is 0 Å². The van der Waals surface area contributed by atoms with Crippen LogP contribution in [-0.2, 0) is 0 Å². The zero-order chi connectivity index (χ0) is 14.9. The number of nitrogens with one attached hydrogen (secondary N) is 1. The molecule has 1 heterocycles. The van der Waals surface area contributed by atoms with E-state index < -0.39 is 5.91 Å². The van der Waals surface area contributed by atoms with Crippen molar-refractivity contribution in [2.45, 2.75) is 29.9 Å². The fourth-order valence-electron chi connectivity index (χ4n) is 1.75. The van der Waals surface area contributed by atoms with Crippen molar-refractivity contribution in [2.75, 3.05) is 5.73 Å². The van der Waals surface area contributed by atoms with Crippen molar-refractivity contribution >= 4 is 23.4 Å². The number of hydrogen-bond donors (Lipinski definition) is 3. The van der Waals surface area contributed by atoms with E-state index in [-0.39, 0.29) is 11.7 Å². The average molecular weight is 293 g/mol. The molecule has 0 saturated heterocycles. The molecule has 8 heteroatoms. The van der Waals surface area contributed by atoms with Gasteiger partial charge in [-0.2, -0.15) is 0 Å². The van der Waals surface area contributed by atoms with Gasteiger partial charge in [0, 0.05) is 16.6 Å². The number of benzene rings is 1. The number of nitrogen functional groups attached to an aromatic ring is 1. The lowest BCUT2D eigenvalue weighted by Gasteiger charge is -2.10. The van der Waals surface area contributed by atoms with Gasteiger partial charge in [-0.3, -0.25) is 9.36 Å². The van der Waals surface area contributed by atoms with E-state index in [2.05, 4.69) is 10.2 Å². The van der Waals surface area contributed by atoms with Crippen molar-refractivity contribution in [1.82, 2.24) is 14.8 Å². The van der Waals surface area contributed by atoms with Crippen LogP contribution >= 0.6 is 11.8 Å². The zero-order valence-corrected chi connectivity index (χ0v) is 11.9. The number of carbonyl (C=O) groups is 1. The third-order valence-corrected chi connectivity index (χ3v) is 3.71. The Morgan fingerprint density at radius 3 is 2.75 bits per heavy atom. The maximum Gasteiger partial charge on any atom is 0.344 e. The van der Waals surface area contributed by atoms with E-state index in [1.165, 1.54) is 22.4 Å². The molecule has 106 valence electrons. The molecular formula is C12H15N5O2S. The number of primary amides is 1. The number of nitrogens with two attached hydrogens (primary N) is 2. The maximum atomic E-state index is 11.7. The highest BCUT2D eigenvalue weighted by atomic mass is 32.2. The molecule has 0 saturated carbocycles. The van der Waals surface area contributed by atoms with Gasteiger partial charge in [-0.25, -0.2) is 9.89 Å². The standard InChI is InChI=1S/C12H15N5O2S/c1-6(2)17-11(19)15-16-12(17)20-9-4-3-7(13)5-8(9)10(14)18/h3-6H,13H2,1-2H3,(H2,14,18)(H,15,19). The largest absolute Gasteiger partial charge is 0.399 e. The van der Waals surface area contributed by atoms with Crippen LogP contribution in [0.25, 0.3) is 0 Å². The third kappa shape index (κ3) is 2.69. The summed E-state index contributed by atoms with van der Waals surface area (Å²) in [5, 5.41) is 6.82. The SMILES string of the molecule is CC(C)n1c(Sc2ccc(N)cc2C(N)=O)n[nH]c1=O. The molecule has 0 aliphatic carbocycles. The molecule has 0 aliphatic rings. The highest BCUT2D eigenvalue weighted by molar-refractivity contribution is 7.99. The fraction of sp³-hybridized carbons (Fsp3) is 0.250. The minimum atomic E-state index is -0.575. The smallest absolute Gasteiger partial charge is 0.344 e. The van der Waals surface area contributed by atoms with Gasteiger partial charge < -0.3 is 11.5 Å². The van der Waals surface area contributed by atoms with Crippen molar-refractivity contribution < 1.29 is 4.79 Å². The first kappa shape index (κ1) is 14.2. The number of aromatic amines is 1. The quantitative estimate of drug-likeness (QED) is 0.726. The first-order chi connectivity index (χ1) is 9.40. The van der Waals surface area contributed by atoms with Crippen LogP contribution in [-0.4, -0.2) is 20.7 Å². The molecule has 0 atom stereocenters. The Balaban J connectivity index is 2.45. The highest BCUT2D eigenvalue weighted by Gasteiger charge is 2.16. The Labute approximate surface area is 119 Å². The monoisotopic (exact) mass is 293 g/mol. The second-order valence-electron chi connectivity index (χ2n) is 4.50. The molecule has 0 unspecified atom stereocenters. The molecule has 0 spiro atoms. The maximum absolute atomic E-state index is 11.7. The molecule has 1 aromatic carbocycles. The van der Waals surface area contributed by atoms with Crippen molar-refractivity contribution in [3.8, 4) is 0 Å². The molecule has 2 rings (SSSR count). The lowest BCUT2D eigenvalue weighted by molar-refractivity contribution is 0.0997. The summed E-state index contributed by atoms with van der Waals surface area (Å²) in [4.78, 5) is 23.7. The van der Waals surface area contributed by atoms with Gasteiger partial charge in [0.1, 0.15) is 0 Å². The van der Waals surface area contributed by atoms with Crippen molar-refractivity contribution in [1.29, 1.82) is 0 Å². The van der Waals surface area contributed by atoms with E-state index >= 15 is 0 Å². The number of H-pyrrole nitrogens is 1. The van der Waals surface area contributed by atoms with Gasteiger partial charge in [-0.15, -0.1) is 5.10 Å². The molecule has 0 radical (unpaired) electrons. The lowest BCUT2D eigenvalue weighted by atomic mass is 10.2. The van der Waals surface area contributed by atoms with E-state index in [9.17, 15) is 9.59 Å². The summed E-state index contributed by atoms with van der Waals surface area (Å²) in [6.45, 7) is 3.75. The van der Waals surface area contributed by atoms with Gasteiger partial charge >= 0.3 is 5.69 Å². The number of carbonyl (C=O) groups excluding carboxylic acids is 1. The fourth-order valence-corrected chi connectivity index (χ4v) is 2.83. The number of nitrogens with zero attached hydrogens (tertiary/aromatic N) is 2. The molecule has 20 heavy (non-hydrogen) atoms. The molecule has 0 bridgehead atoms. The highest BCUT2D eigenvalue weighted by Crippen LogP contribution is 2.30. The van der Waals surface area contributed by atoms with Crippen LogP contribution in [0.2, 0.25) is 0 Å². The first-order valence-electron chi connectivity index (χ1n) is 5.94. The van der Waals surface area contributed by atoms with Gasteiger partial charge in [-0.05, 0) is 43.8 Å². The molecule has 5 N–H and O–H groups in total. The minimum Gasteiger partial charge on any atom is -0.399 e. The first-order valence-corrected chi connectivity index (χ1v) is 6.76. The summed E-state index contributed by atoms with van der Waals surface area (Å²) in [6.07, 6.45) is 0. The molecular weight excluding hydrogens is 278 g/mol. The zero-order valence-electron chi connectivity index (χ0n) is 11.1. The predicted octanol–water partition coefficient (Wildman–Crippen LogP) is 0.985. The van der Waals surface area contributed by atoms with Crippen LogP contribution in [0.3, 0.4) is 0 Å². The van der Waals surface area contributed by atoms with Gasteiger partial charge in [0.05, 0.1) is 5.56 Å². The van der Waals surface area contributed by atoms with Gasteiger partial charge in [0.15, 0.2) is 5.16 Å². The Kier molecular flexibility index (Phi) is 3.84. The summed E-state index contributed by atoms with van der Waals surface area (Å²) < 4.78 is 1.51. The molecule has 1 amide bonds. The van der Waals surface area contributed by atoms with Crippen LogP contribution in [0.15, 0.2) is 33.0 Å². The Hall–Kier alpha value is -2.22. The normalized spacial score (nSPS) is 10.9. The van der Waals surface area contributed by atoms with Gasteiger partial charge in [-0.1, -0.05) is 0 Å². The van der Waals surface area contributed by atoms with Crippen LogP contribution < -0.4 is 17.2 Å². The Morgan fingerprint density at radius 1 is 1.45 bits per heavy atom. The summed E-state index contributed by atoms with van der Waals surface area (Å²) in [5.41, 5.74) is 11.4. The van der Waals surface area contributed by atoms with Crippen LogP contribution in [0, 0.1) is 0 Å². The van der Waals surface area contributed by atoms with Crippen molar-refractivity contribution in [2.24, 2.45) is 5.73 Å². The number of rotatable bonds is 4. The van der Waals surface area contributed by atoms with Crippen LogP contribution in [0.5, 0.6) is 0 Å². The van der Waals surface area contributed by atoms with E-state index in [0.29, 0.717) is 21.3 Å². The van der Waals surface area contributed by atoms with E-state index in [1.54, 1.807) is 12.1 Å². The summed E-state index contributed by atoms with van der Waals surface area (Å²) >= 11 is 1.19. The number of anilines is 1. The Morgan fingerprint density at radius 2 is 2.15 bits per heavy atom. The number of hydrogen-bond acceptors (Lipinski definition) is 5. The second kappa shape index (κ2) is 5.41. The Bertz CT molecular complexity index is 704. The lowest BCUT2D eigenvalue weighted by Crippen LogP contribution is -2.19. The molecule has 0 aliphatic heterocycles. The van der Waals surface area contributed by atoms with Crippen LogP contribution in [0.4, 0.5) is 5.69 Å². The molecule has 1 aromatic heterocycles. The van der Waals surface area contributed by atoms with Crippen LogP contribution in [0.1, 0.15) is 30.2 Å². The van der Waals surface area contributed by atoms with E-state index in [1.807, 2.05) is 13.8 Å². The summed E-state index contributed by atoms with van der Waals surface area (Å²) in [5.74, 6) is -0.575. The van der Waals surface area contributed by atoms with Crippen molar-refractivity contribution in [3.05, 3.63) is 34.2 Å². The summed E-state index contributed by atoms with van der Waals surface area (Å²) in [7, 11) is 0. The van der Waals surface area contributed by atoms with Gasteiger partial charge in [0.2, 0.25) is 5.91 Å². The predicted molar refractivity (Wildman–Crippen MR) is 76.7 cm³/mol. The van der Waals surface area contributed by atoms with Crippen molar-refractivity contribution in [3.63, 3.8) is 0 Å². The summed E-state index contributed by atoms with van der Waals surface area (Å²) in [6, 6.07) is 4.81. The topological polar surface area (TPSA) is 120 Å². The molecule has 7 nitrogen and oxygen atoms in total. The number of aromatic nitrogens is 3. The third-order valence-electron chi connectivity index (χ3n) is 2.66. The number of amides is 1. The van der Waals surface area contributed by atoms with E-state index in [4.69, 9.17) is 11.5 Å². The second-order valence-corrected chi connectivity index (χ2v) is 5.51. The minimum absolute atomic E-state index is 0.0467.